The van der Waals surface area contributed by atoms with Crippen molar-refractivity contribution < 1.29 is 13.2 Å². The smallest absolute Gasteiger partial charge is 0.254 e. The van der Waals surface area contributed by atoms with Crippen molar-refractivity contribution >= 4 is 15.9 Å². The van der Waals surface area contributed by atoms with Gasteiger partial charge in [-0.3, -0.25) is 4.79 Å². The van der Waals surface area contributed by atoms with Gasteiger partial charge in [-0.1, -0.05) is 12.1 Å². The zero-order valence-electron chi connectivity index (χ0n) is 12.6. The summed E-state index contributed by atoms with van der Waals surface area (Å²) in [6, 6.07) is 6.21. The van der Waals surface area contributed by atoms with E-state index in [1.165, 1.54) is 18.2 Å². The number of hydrogen-bond donors (Lipinski definition) is 2. The fraction of sp³-hybridized carbons (Fsp3) is 0.400. The van der Waals surface area contributed by atoms with Crippen molar-refractivity contribution in [3.8, 4) is 0 Å². The molecule has 1 atom stereocenters. The molecule has 0 bridgehead atoms. The SMILES string of the molecule is C=CCNS(=O)(=O)c1cccc(C(=O)N2CCNC[C@@H]2C)c1. The molecular weight excluding hydrogens is 302 g/mol. The highest BCUT2D eigenvalue weighted by Crippen LogP contribution is 2.15. The van der Waals surface area contributed by atoms with E-state index in [1.54, 1.807) is 17.0 Å². The Hall–Kier alpha value is -1.70. The van der Waals surface area contributed by atoms with E-state index in [-0.39, 0.29) is 23.4 Å². The van der Waals surface area contributed by atoms with Crippen LogP contribution in [0.3, 0.4) is 0 Å². The Kier molecular flexibility index (Phi) is 5.33. The summed E-state index contributed by atoms with van der Waals surface area (Å²) in [5, 5.41) is 3.22. The first kappa shape index (κ1) is 16.7. The molecule has 0 aliphatic carbocycles. The summed E-state index contributed by atoms with van der Waals surface area (Å²) in [7, 11) is -3.63. The summed E-state index contributed by atoms with van der Waals surface area (Å²) < 4.78 is 26.6. The molecule has 1 saturated heterocycles. The topological polar surface area (TPSA) is 78.5 Å². The van der Waals surface area contributed by atoms with Gasteiger partial charge in [0, 0.05) is 37.8 Å². The van der Waals surface area contributed by atoms with Crippen molar-refractivity contribution in [2.45, 2.75) is 17.9 Å². The largest absolute Gasteiger partial charge is 0.333 e. The van der Waals surface area contributed by atoms with Gasteiger partial charge in [0.05, 0.1) is 4.90 Å². The van der Waals surface area contributed by atoms with Gasteiger partial charge < -0.3 is 10.2 Å². The lowest BCUT2D eigenvalue weighted by atomic mass is 10.1. The van der Waals surface area contributed by atoms with Crippen LogP contribution < -0.4 is 10.0 Å². The number of nitrogens with one attached hydrogen (secondary N) is 2. The summed E-state index contributed by atoms with van der Waals surface area (Å²) in [6.45, 7) is 7.70. The van der Waals surface area contributed by atoms with E-state index in [9.17, 15) is 13.2 Å². The number of carbonyl (C=O) groups is 1. The summed E-state index contributed by atoms with van der Waals surface area (Å²) >= 11 is 0. The molecule has 1 aliphatic rings. The van der Waals surface area contributed by atoms with Crippen molar-refractivity contribution in [2.75, 3.05) is 26.2 Å². The van der Waals surface area contributed by atoms with Crippen molar-refractivity contribution in [2.24, 2.45) is 0 Å². The zero-order valence-corrected chi connectivity index (χ0v) is 13.4. The van der Waals surface area contributed by atoms with Crippen LogP contribution in [-0.2, 0) is 10.0 Å². The Labute approximate surface area is 131 Å². The zero-order chi connectivity index (χ0) is 16.2. The molecule has 2 N–H and O–H groups in total. The fourth-order valence-electron chi connectivity index (χ4n) is 2.36. The maximum atomic E-state index is 12.6. The van der Waals surface area contributed by atoms with Gasteiger partial charge in [-0.2, -0.15) is 0 Å². The number of amides is 1. The van der Waals surface area contributed by atoms with Crippen LogP contribution >= 0.6 is 0 Å². The summed E-state index contributed by atoms with van der Waals surface area (Å²) in [5.74, 6) is -0.144. The van der Waals surface area contributed by atoms with Crippen LogP contribution in [0.15, 0.2) is 41.8 Å². The van der Waals surface area contributed by atoms with Crippen LogP contribution in [0.25, 0.3) is 0 Å². The van der Waals surface area contributed by atoms with Gasteiger partial charge in [0.1, 0.15) is 0 Å². The summed E-state index contributed by atoms with van der Waals surface area (Å²) in [4.78, 5) is 14.4. The molecule has 1 amide bonds. The number of sulfonamides is 1. The maximum absolute atomic E-state index is 12.6. The third-order valence-electron chi connectivity index (χ3n) is 3.57. The van der Waals surface area contributed by atoms with Crippen molar-refractivity contribution in [3.05, 3.63) is 42.5 Å². The van der Waals surface area contributed by atoms with Crippen molar-refractivity contribution in [3.63, 3.8) is 0 Å². The highest BCUT2D eigenvalue weighted by molar-refractivity contribution is 7.89. The van der Waals surface area contributed by atoms with E-state index in [0.717, 1.165) is 13.1 Å². The Morgan fingerprint density at radius 3 is 3.00 bits per heavy atom. The van der Waals surface area contributed by atoms with E-state index in [2.05, 4.69) is 16.6 Å². The Balaban J connectivity index is 2.24. The van der Waals surface area contributed by atoms with Crippen LogP contribution in [0.2, 0.25) is 0 Å². The van der Waals surface area contributed by atoms with Gasteiger partial charge in [-0.25, -0.2) is 13.1 Å². The fourth-order valence-corrected chi connectivity index (χ4v) is 3.40. The standard InChI is InChI=1S/C15H21N3O3S/c1-3-7-17-22(20,21)14-6-4-5-13(10-14)15(19)18-9-8-16-11-12(18)2/h3-6,10,12,16-17H,1,7-9,11H2,2H3/t12-/m0/s1. The molecule has 1 aromatic rings. The van der Waals surface area contributed by atoms with Crippen molar-refractivity contribution in [1.29, 1.82) is 0 Å². The highest BCUT2D eigenvalue weighted by atomic mass is 32.2. The minimum atomic E-state index is -3.63. The van der Waals surface area contributed by atoms with E-state index >= 15 is 0 Å². The van der Waals surface area contributed by atoms with Gasteiger partial charge in [-0.05, 0) is 25.1 Å². The summed E-state index contributed by atoms with van der Waals surface area (Å²) in [5.41, 5.74) is 0.384. The molecule has 2 rings (SSSR count). The van der Waals surface area contributed by atoms with E-state index in [1.807, 2.05) is 6.92 Å². The molecular formula is C15H21N3O3S. The molecule has 1 fully saturated rings. The second kappa shape index (κ2) is 7.04. The predicted molar refractivity (Wildman–Crippen MR) is 85.2 cm³/mol. The van der Waals surface area contributed by atoms with Gasteiger partial charge >= 0.3 is 0 Å². The first-order chi connectivity index (χ1) is 10.5. The number of rotatable bonds is 5. The van der Waals surface area contributed by atoms with Crippen molar-refractivity contribution in [1.82, 2.24) is 14.9 Å². The lowest BCUT2D eigenvalue weighted by Crippen LogP contribution is -2.52. The molecule has 0 unspecified atom stereocenters. The quantitative estimate of drug-likeness (QED) is 0.777. The first-order valence-electron chi connectivity index (χ1n) is 7.18. The minimum Gasteiger partial charge on any atom is -0.333 e. The predicted octanol–water partition coefficient (Wildman–Crippen LogP) is 0.585. The van der Waals surface area contributed by atoms with Crippen LogP contribution in [-0.4, -0.2) is 51.4 Å². The molecule has 0 radical (unpaired) electrons. The van der Waals surface area contributed by atoms with Gasteiger partial charge in [0.15, 0.2) is 0 Å². The molecule has 22 heavy (non-hydrogen) atoms. The second-order valence-corrected chi connectivity index (χ2v) is 6.99. The highest BCUT2D eigenvalue weighted by Gasteiger charge is 2.25. The van der Waals surface area contributed by atoms with E-state index in [0.29, 0.717) is 12.1 Å². The molecule has 7 heteroatoms. The van der Waals surface area contributed by atoms with Crippen LogP contribution in [0, 0.1) is 0 Å². The van der Waals surface area contributed by atoms with E-state index in [4.69, 9.17) is 0 Å². The third kappa shape index (κ3) is 3.73. The molecule has 1 aromatic carbocycles. The average molecular weight is 323 g/mol. The number of piperazine rings is 1. The van der Waals surface area contributed by atoms with Gasteiger partial charge in [-0.15, -0.1) is 6.58 Å². The van der Waals surface area contributed by atoms with E-state index < -0.39 is 10.0 Å². The molecule has 1 heterocycles. The van der Waals surface area contributed by atoms with Gasteiger partial charge in [0.25, 0.3) is 5.91 Å². The van der Waals surface area contributed by atoms with Crippen LogP contribution in [0.5, 0.6) is 0 Å². The molecule has 0 aromatic heterocycles. The Morgan fingerprint density at radius 1 is 1.55 bits per heavy atom. The molecule has 0 saturated carbocycles. The number of hydrogen-bond acceptors (Lipinski definition) is 4. The third-order valence-corrected chi connectivity index (χ3v) is 4.99. The first-order valence-corrected chi connectivity index (χ1v) is 8.66. The normalized spacial score (nSPS) is 19.0. The second-order valence-electron chi connectivity index (χ2n) is 5.22. The minimum absolute atomic E-state index is 0.0837. The average Bonchev–Trinajstić information content (AvgIpc) is 2.53. The molecule has 1 aliphatic heterocycles. The maximum Gasteiger partial charge on any atom is 0.254 e. The van der Waals surface area contributed by atoms with Crippen LogP contribution in [0.1, 0.15) is 17.3 Å². The number of carbonyl (C=O) groups excluding carboxylic acids is 1. The molecule has 120 valence electrons. The molecule has 6 nitrogen and oxygen atoms in total. The number of nitrogens with zero attached hydrogens (tertiary/aromatic N) is 1. The van der Waals surface area contributed by atoms with Gasteiger partial charge in [0.2, 0.25) is 10.0 Å². The Morgan fingerprint density at radius 2 is 2.32 bits per heavy atom. The lowest BCUT2D eigenvalue weighted by Gasteiger charge is -2.34. The monoisotopic (exact) mass is 323 g/mol. The summed E-state index contributed by atoms with van der Waals surface area (Å²) in [6.07, 6.45) is 1.47. The van der Waals surface area contributed by atoms with Crippen LogP contribution in [0.4, 0.5) is 0 Å². The number of benzene rings is 1. The molecule has 0 spiro atoms. The Bertz CT molecular complexity index is 658. The lowest BCUT2D eigenvalue weighted by molar-refractivity contribution is 0.0655.